The van der Waals surface area contributed by atoms with Gasteiger partial charge in [-0.3, -0.25) is 14.4 Å². The van der Waals surface area contributed by atoms with Gasteiger partial charge in [0.15, 0.2) is 5.78 Å². The first-order valence-electron chi connectivity index (χ1n) is 14.6. The second-order valence-corrected chi connectivity index (χ2v) is 11.2. The Kier molecular flexibility index (Phi) is 9.18. The molecule has 0 saturated heterocycles. The molecule has 43 heavy (non-hydrogen) atoms. The zero-order valence-electron chi connectivity index (χ0n) is 23.9. The molecule has 3 aromatic rings. The molecule has 0 heterocycles. The number of ether oxygens (including phenoxy) is 2. The Morgan fingerprint density at radius 2 is 1.30 bits per heavy atom. The number of hydrogen-bond donors (Lipinski definition) is 1. The summed E-state index contributed by atoms with van der Waals surface area (Å²) in [5.74, 6) is -1.40. The van der Waals surface area contributed by atoms with E-state index in [-0.39, 0.29) is 42.2 Å². The van der Waals surface area contributed by atoms with E-state index in [0.29, 0.717) is 17.0 Å². The van der Waals surface area contributed by atoms with Crippen LogP contribution in [0.3, 0.4) is 0 Å². The lowest BCUT2D eigenvalue weighted by Crippen LogP contribution is -2.26. The number of halogens is 3. The zero-order chi connectivity index (χ0) is 30.6. The summed E-state index contributed by atoms with van der Waals surface area (Å²) < 4.78 is 46.4. The minimum absolute atomic E-state index is 0.0662. The summed E-state index contributed by atoms with van der Waals surface area (Å²) in [4.78, 5) is 37.5. The smallest absolute Gasteiger partial charge is 0.469 e. The third-order valence-electron chi connectivity index (χ3n) is 8.49. The van der Waals surface area contributed by atoms with Gasteiger partial charge in [0.1, 0.15) is 5.75 Å². The van der Waals surface area contributed by atoms with E-state index >= 15 is 0 Å². The van der Waals surface area contributed by atoms with Crippen LogP contribution in [0.5, 0.6) is 5.75 Å². The molecular formula is C34H34F3NO5. The van der Waals surface area contributed by atoms with Crippen LogP contribution in [0, 0.1) is 5.92 Å². The van der Waals surface area contributed by atoms with Gasteiger partial charge in [-0.2, -0.15) is 0 Å². The second kappa shape index (κ2) is 13.0. The molecule has 226 valence electrons. The minimum Gasteiger partial charge on any atom is -0.469 e. The summed E-state index contributed by atoms with van der Waals surface area (Å²) in [5.41, 5.74) is 3.97. The lowest BCUT2D eigenvalue weighted by Gasteiger charge is -2.22. The molecule has 1 N–H and O–H groups in total. The molecule has 0 spiro atoms. The van der Waals surface area contributed by atoms with Crippen LogP contribution < -0.4 is 10.1 Å². The van der Waals surface area contributed by atoms with E-state index in [2.05, 4.69) is 39.1 Å². The van der Waals surface area contributed by atoms with E-state index in [1.165, 1.54) is 56.9 Å². The van der Waals surface area contributed by atoms with Gasteiger partial charge in [-0.1, -0.05) is 55.7 Å². The number of ketones is 1. The predicted molar refractivity (Wildman–Crippen MR) is 154 cm³/mol. The second-order valence-electron chi connectivity index (χ2n) is 11.2. The minimum atomic E-state index is -4.81. The van der Waals surface area contributed by atoms with Crippen LogP contribution in [0.15, 0.2) is 72.8 Å². The molecule has 0 aromatic heterocycles. The van der Waals surface area contributed by atoms with Crippen molar-refractivity contribution >= 4 is 17.7 Å². The first-order chi connectivity index (χ1) is 20.6. The van der Waals surface area contributed by atoms with Crippen molar-refractivity contribution in [3.05, 3.63) is 101 Å². The number of rotatable bonds is 10. The summed E-state index contributed by atoms with van der Waals surface area (Å²) in [6, 6.07) is 20.6. The van der Waals surface area contributed by atoms with E-state index in [1.54, 1.807) is 12.1 Å². The van der Waals surface area contributed by atoms with Crippen molar-refractivity contribution in [2.75, 3.05) is 13.7 Å². The normalized spacial score (nSPS) is 20.2. The molecule has 3 unspecified atom stereocenters. The molecule has 9 heteroatoms. The van der Waals surface area contributed by atoms with Gasteiger partial charge in [0, 0.05) is 35.4 Å². The number of carbonyl (C=O) groups excluding carboxylic acids is 3. The highest BCUT2D eigenvalue weighted by molar-refractivity contribution is 6.02. The lowest BCUT2D eigenvalue weighted by molar-refractivity contribution is -0.274. The fraction of sp³-hybridized carbons (Fsp3) is 0.382. The third-order valence-corrected chi connectivity index (χ3v) is 8.49. The number of amides is 1. The maximum atomic E-state index is 13.7. The van der Waals surface area contributed by atoms with Crippen molar-refractivity contribution in [1.29, 1.82) is 0 Å². The van der Waals surface area contributed by atoms with Gasteiger partial charge < -0.3 is 14.8 Å². The van der Waals surface area contributed by atoms with Crippen molar-refractivity contribution in [3.8, 4) is 5.75 Å². The maximum Gasteiger partial charge on any atom is 0.573 e. The quantitative estimate of drug-likeness (QED) is 0.197. The van der Waals surface area contributed by atoms with Crippen LogP contribution in [-0.2, 0) is 9.53 Å². The molecule has 0 radical (unpaired) electrons. The van der Waals surface area contributed by atoms with Crippen molar-refractivity contribution in [2.45, 2.75) is 62.6 Å². The molecule has 2 aliphatic rings. The fourth-order valence-corrected chi connectivity index (χ4v) is 6.25. The first-order valence-corrected chi connectivity index (χ1v) is 14.6. The highest BCUT2D eigenvalue weighted by atomic mass is 19.4. The van der Waals surface area contributed by atoms with Gasteiger partial charge in [-0.15, -0.1) is 13.2 Å². The molecule has 0 aliphatic heterocycles. The summed E-state index contributed by atoms with van der Waals surface area (Å²) in [6.07, 6.45) is 1.37. The molecule has 0 bridgehead atoms. The molecule has 2 saturated carbocycles. The van der Waals surface area contributed by atoms with Gasteiger partial charge in [-0.05, 0) is 71.8 Å². The molecule has 2 aliphatic carbocycles. The van der Waals surface area contributed by atoms with E-state index in [9.17, 15) is 27.6 Å². The summed E-state index contributed by atoms with van der Waals surface area (Å²) in [7, 11) is 1.29. The van der Waals surface area contributed by atoms with Crippen LogP contribution in [0.25, 0.3) is 0 Å². The number of carbonyl (C=O) groups is 3. The number of Topliss-reactive ketones (excluding diaryl/α,β-unsaturated/α-hetero) is 1. The average molecular weight is 594 g/mol. The van der Waals surface area contributed by atoms with Gasteiger partial charge in [0.2, 0.25) is 0 Å². The van der Waals surface area contributed by atoms with Gasteiger partial charge in [0.05, 0.1) is 13.5 Å². The Bertz CT molecular complexity index is 1430. The number of esters is 1. The Morgan fingerprint density at radius 1 is 0.767 bits per heavy atom. The van der Waals surface area contributed by atoms with E-state index in [4.69, 9.17) is 0 Å². The van der Waals surface area contributed by atoms with E-state index in [1.807, 2.05) is 12.1 Å². The van der Waals surface area contributed by atoms with Crippen LogP contribution in [0.2, 0.25) is 0 Å². The highest BCUT2D eigenvalue weighted by Gasteiger charge is 2.55. The van der Waals surface area contributed by atoms with Gasteiger partial charge in [-0.25, -0.2) is 0 Å². The molecule has 5 rings (SSSR count). The molecule has 3 atom stereocenters. The number of hydrogen-bond acceptors (Lipinski definition) is 5. The Hall–Kier alpha value is -4.14. The number of benzene rings is 3. The Balaban J connectivity index is 1.35. The van der Waals surface area contributed by atoms with Crippen LogP contribution in [-0.4, -0.2) is 37.7 Å². The third kappa shape index (κ3) is 7.45. The Labute approximate surface area is 248 Å². The highest BCUT2D eigenvalue weighted by Crippen LogP contribution is 2.61. The molecular weight excluding hydrogens is 559 g/mol. The summed E-state index contributed by atoms with van der Waals surface area (Å²) in [6.45, 7) is 0.151. The molecule has 6 nitrogen and oxygen atoms in total. The average Bonchev–Trinajstić information content (AvgIpc) is 3.76. The fourth-order valence-electron chi connectivity index (χ4n) is 6.25. The molecule has 1 amide bonds. The SMILES string of the molecule is COC(=O)CCNC(=O)c1ccc(C2C(C(=O)c3ccc(OC(F)(F)F)cc3)C2c2ccc(C3CCCCC3)cc2)cc1. The van der Waals surface area contributed by atoms with Crippen LogP contribution in [0.1, 0.15) is 93.7 Å². The molecule has 2 fully saturated rings. The van der Waals surface area contributed by atoms with Crippen LogP contribution in [0.4, 0.5) is 13.2 Å². The lowest BCUT2D eigenvalue weighted by atomic mass is 9.83. The summed E-state index contributed by atoms with van der Waals surface area (Å²) >= 11 is 0. The first kappa shape index (κ1) is 30.3. The van der Waals surface area contributed by atoms with Crippen LogP contribution >= 0.6 is 0 Å². The number of alkyl halides is 3. The Morgan fingerprint density at radius 3 is 1.86 bits per heavy atom. The maximum absolute atomic E-state index is 13.7. The van der Waals surface area contributed by atoms with Crippen molar-refractivity contribution < 1.29 is 37.0 Å². The standard InChI is InChI=1S/C34H34F3NO5/c1-42-28(39)19-20-38-33(41)26-13-11-24(12-14-26)30-29(23-9-7-22(8-10-23)21-5-3-2-4-6-21)31(30)32(40)25-15-17-27(18-16-25)43-34(35,36)37/h7-18,21,29-31H,2-6,19-20H2,1H3,(H,38,41). The molecule has 3 aromatic carbocycles. The van der Waals surface area contributed by atoms with E-state index in [0.717, 1.165) is 23.3 Å². The topological polar surface area (TPSA) is 81.7 Å². The zero-order valence-corrected chi connectivity index (χ0v) is 23.9. The number of methoxy groups -OCH3 is 1. The van der Waals surface area contributed by atoms with Crippen molar-refractivity contribution in [2.24, 2.45) is 5.92 Å². The number of nitrogens with one attached hydrogen (secondary N) is 1. The largest absolute Gasteiger partial charge is 0.573 e. The van der Waals surface area contributed by atoms with Gasteiger partial charge in [0.25, 0.3) is 5.91 Å². The van der Waals surface area contributed by atoms with E-state index < -0.39 is 18.2 Å². The summed E-state index contributed by atoms with van der Waals surface area (Å²) in [5, 5.41) is 2.69. The monoisotopic (exact) mass is 593 g/mol. The van der Waals surface area contributed by atoms with Crippen molar-refractivity contribution in [1.82, 2.24) is 5.32 Å². The van der Waals surface area contributed by atoms with Gasteiger partial charge >= 0.3 is 12.3 Å². The van der Waals surface area contributed by atoms with Crippen molar-refractivity contribution in [3.63, 3.8) is 0 Å². The predicted octanol–water partition coefficient (Wildman–Crippen LogP) is 7.31.